The SMILES string of the molecule is CC1=[C]([Ru+2])CC=C1.[H-].[H-]. The largest absolute Gasteiger partial charge is 1.00 e. The molecule has 0 aromatic rings. The van der Waals surface area contributed by atoms with Gasteiger partial charge in [0.05, 0.1) is 0 Å². The molecule has 0 saturated carbocycles. The maximum absolute atomic E-state index is 2.64. The smallest absolute Gasteiger partial charge is 1.00 e. The molecule has 41 valence electrons. The maximum Gasteiger partial charge on any atom is -1.00 e. The molecule has 0 N–H and O–H groups in total. The second-order valence-corrected chi connectivity index (χ2v) is 2.73. The molecule has 0 unspecified atom stereocenters. The van der Waals surface area contributed by atoms with Crippen LogP contribution in [0.25, 0.3) is 0 Å². The molecule has 1 aliphatic carbocycles. The minimum Gasteiger partial charge on any atom is -1.00 e. The Hall–Kier alpha value is 0.103. The molecule has 0 aromatic carbocycles. The van der Waals surface area contributed by atoms with Gasteiger partial charge in [-0.15, -0.1) is 0 Å². The third-order valence-corrected chi connectivity index (χ3v) is 2.12. The van der Waals surface area contributed by atoms with E-state index in [-0.39, 0.29) is 2.85 Å². The Balaban J connectivity index is 0. The van der Waals surface area contributed by atoms with E-state index in [2.05, 4.69) is 37.4 Å². The number of hydrogen-bond donors (Lipinski definition) is 0. The van der Waals surface area contributed by atoms with Gasteiger partial charge >= 0.3 is 53.5 Å². The monoisotopic (exact) mass is 183 g/mol. The van der Waals surface area contributed by atoms with Crippen LogP contribution < -0.4 is 0 Å². The van der Waals surface area contributed by atoms with Crippen LogP contribution in [0.4, 0.5) is 0 Å². The Bertz CT molecular complexity index is 138. The van der Waals surface area contributed by atoms with E-state index >= 15 is 0 Å². The molecule has 0 saturated heterocycles. The van der Waals surface area contributed by atoms with Crippen molar-refractivity contribution < 1.29 is 21.2 Å². The zero-order valence-electron chi connectivity index (χ0n) is 6.22. The Kier molecular flexibility index (Phi) is 1.44. The summed E-state index contributed by atoms with van der Waals surface area (Å²) in [6.45, 7) is 2.13. The van der Waals surface area contributed by atoms with Crippen molar-refractivity contribution in [2.24, 2.45) is 0 Å². The van der Waals surface area contributed by atoms with E-state index in [4.69, 9.17) is 0 Å². The Labute approximate surface area is 56.9 Å². The average Bonchev–Trinajstić information content (AvgIpc) is 1.91. The molecule has 0 aromatic heterocycles. The van der Waals surface area contributed by atoms with E-state index in [0.29, 0.717) is 0 Å². The molecule has 1 rings (SSSR count). The van der Waals surface area contributed by atoms with Crippen molar-refractivity contribution in [2.75, 3.05) is 0 Å². The molecule has 0 amide bonds. The zero-order valence-corrected chi connectivity index (χ0v) is 5.95. The van der Waals surface area contributed by atoms with Crippen LogP contribution in [0.2, 0.25) is 0 Å². The van der Waals surface area contributed by atoms with E-state index < -0.39 is 0 Å². The van der Waals surface area contributed by atoms with Crippen molar-refractivity contribution in [1.82, 2.24) is 0 Å². The van der Waals surface area contributed by atoms with Crippen LogP contribution in [-0.4, -0.2) is 0 Å². The van der Waals surface area contributed by atoms with Crippen molar-refractivity contribution in [1.29, 1.82) is 0 Å². The predicted octanol–water partition coefficient (Wildman–Crippen LogP) is 1.99. The predicted molar refractivity (Wildman–Crippen MR) is 28.7 cm³/mol. The summed E-state index contributed by atoms with van der Waals surface area (Å²) >= 11 is 2.64. The van der Waals surface area contributed by atoms with Gasteiger partial charge in [0.2, 0.25) is 0 Å². The first kappa shape index (κ1) is 5.24. The molecule has 0 heterocycles. The van der Waals surface area contributed by atoms with Gasteiger partial charge in [-0.3, -0.25) is 0 Å². The topological polar surface area (TPSA) is 0 Å². The fraction of sp³-hybridized carbons (Fsp3) is 0.333. The fourth-order valence-electron chi connectivity index (χ4n) is 0.586. The maximum atomic E-state index is 2.64. The molecule has 0 aliphatic heterocycles. The van der Waals surface area contributed by atoms with Crippen LogP contribution in [0.1, 0.15) is 16.2 Å². The molecule has 0 nitrogen and oxygen atoms in total. The van der Waals surface area contributed by atoms with Crippen LogP contribution in [0.5, 0.6) is 0 Å². The summed E-state index contributed by atoms with van der Waals surface area (Å²) < 4.78 is 1.44. The van der Waals surface area contributed by atoms with E-state index in [0.717, 1.165) is 6.42 Å². The van der Waals surface area contributed by atoms with E-state index in [1.165, 1.54) is 9.74 Å². The minimum absolute atomic E-state index is 0. The molecule has 1 aliphatic rings. The molecule has 0 radical (unpaired) electrons. The zero-order chi connectivity index (χ0) is 5.28. The van der Waals surface area contributed by atoms with Gasteiger partial charge in [0.15, 0.2) is 0 Å². The molecule has 1 heteroatoms. The van der Waals surface area contributed by atoms with Gasteiger partial charge in [0.25, 0.3) is 0 Å². The van der Waals surface area contributed by atoms with Gasteiger partial charge in [0, 0.05) is 0 Å². The van der Waals surface area contributed by atoms with Crippen molar-refractivity contribution in [2.45, 2.75) is 13.3 Å². The summed E-state index contributed by atoms with van der Waals surface area (Å²) in [4.78, 5) is 0. The third-order valence-electron chi connectivity index (χ3n) is 1.08. The Morgan fingerprint density at radius 3 is 2.71 bits per heavy atom. The normalized spacial score (nSPS) is 19.0. The molecular weight excluding hydrogens is 173 g/mol. The van der Waals surface area contributed by atoms with E-state index in [1.807, 2.05) is 0 Å². The van der Waals surface area contributed by atoms with Gasteiger partial charge in [-0.25, -0.2) is 0 Å². The van der Waals surface area contributed by atoms with Crippen LogP contribution in [0.3, 0.4) is 0 Å². The van der Waals surface area contributed by atoms with Crippen molar-refractivity contribution in [3.63, 3.8) is 0 Å². The number of allylic oxidation sites excluding steroid dienone is 4. The van der Waals surface area contributed by atoms with Gasteiger partial charge in [-0.05, 0) is 0 Å². The summed E-state index contributed by atoms with van der Waals surface area (Å²) in [6.07, 6.45) is 5.48. The number of rotatable bonds is 0. The fourth-order valence-corrected chi connectivity index (χ4v) is 0.935. The standard InChI is InChI=1S/C6H7.Ru.2H/c1-6-4-2-3-5-6;;;/h2,4H,3H2,1H3;;;/q;+2;2*-1. The minimum atomic E-state index is 0. The van der Waals surface area contributed by atoms with Gasteiger partial charge in [-0.2, -0.15) is 0 Å². The van der Waals surface area contributed by atoms with Gasteiger partial charge in [0.1, 0.15) is 0 Å². The van der Waals surface area contributed by atoms with Gasteiger partial charge in [-0.1, -0.05) is 0 Å². The molecule has 7 heavy (non-hydrogen) atoms. The molecule has 0 fully saturated rings. The Morgan fingerprint density at radius 2 is 2.57 bits per heavy atom. The second-order valence-electron chi connectivity index (χ2n) is 1.68. The summed E-state index contributed by atoms with van der Waals surface area (Å²) in [5.41, 5.74) is 1.41. The third kappa shape index (κ3) is 1.01. The quantitative estimate of drug-likeness (QED) is 0.502. The second kappa shape index (κ2) is 1.92. The van der Waals surface area contributed by atoms with Crippen molar-refractivity contribution >= 4 is 0 Å². The molecule has 0 bridgehead atoms. The molecular formula is C6H9Ru. The van der Waals surface area contributed by atoms with Crippen molar-refractivity contribution in [3.8, 4) is 0 Å². The average molecular weight is 182 g/mol. The van der Waals surface area contributed by atoms with Gasteiger partial charge < -0.3 is 2.85 Å². The summed E-state index contributed by atoms with van der Waals surface area (Å²) in [6, 6.07) is 0. The first-order valence-electron chi connectivity index (χ1n) is 2.31. The van der Waals surface area contributed by atoms with Crippen LogP contribution in [0, 0.1) is 0 Å². The van der Waals surface area contributed by atoms with E-state index in [9.17, 15) is 0 Å². The van der Waals surface area contributed by atoms with Crippen LogP contribution >= 0.6 is 0 Å². The Morgan fingerprint density at radius 1 is 1.86 bits per heavy atom. The van der Waals surface area contributed by atoms with E-state index in [1.54, 1.807) is 0 Å². The summed E-state index contributed by atoms with van der Waals surface area (Å²) in [7, 11) is 0. The molecule has 0 spiro atoms. The summed E-state index contributed by atoms with van der Waals surface area (Å²) in [5.74, 6) is 0. The first-order valence-corrected chi connectivity index (χ1v) is 3.18. The number of hydrogen-bond acceptors (Lipinski definition) is 0. The summed E-state index contributed by atoms with van der Waals surface area (Å²) in [5, 5.41) is 0. The van der Waals surface area contributed by atoms with Crippen LogP contribution in [0.15, 0.2) is 21.9 Å². The van der Waals surface area contributed by atoms with Crippen molar-refractivity contribution in [3.05, 3.63) is 21.9 Å². The van der Waals surface area contributed by atoms with Crippen LogP contribution in [-0.2, 0) is 18.3 Å². The molecule has 0 atom stereocenters. The first-order chi connectivity index (χ1) is 3.30.